The fourth-order valence-corrected chi connectivity index (χ4v) is 2.48. The van der Waals surface area contributed by atoms with Crippen molar-refractivity contribution in [1.82, 2.24) is 4.90 Å². The van der Waals surface area contributed by atoms with Gasteiger partial charge < -0.3 is 19.1 Å². The molecule has 0 aromatic heterocycles. The monoisotopic (exact) mass is 332 g/mol. The highest BCUT2D eigenvalue weighted by Gasteiger charge is 2.26. The van der Waals surface area contributed by atoms with Crippen LogP contribution in [0.4, 0.5) is 0 Å². The molecule has 1 aliphatic rings. The number of carbonyl (C=O) groups excluding carboxylic acids is 2. The highest BCUT2D eigenvalue weighted by atomic mass is 16.6. The Bertz CT molecular complexity index is 630. The Morgan fingerprint density at radius 2 is 1.92 bits per heavy atom. The van der Waals surface area contributed by atoms with Crippen LogP contribution in [0.25, 0.3) is 0 Å². The second-order valence-electron chi connectivity index (χ2n) is 5.61. The number of benzene rings is 1. The van der Waals surface area contributed by atoms with Crippen molar-refractivity contribution in [3.8, 4) is 11.8 Å². The average Bonchev–Trinajstić information content (AvgIpc) is 2.57. The largest absolute Gasteiger partial charge is 0.481 e. The Hall–Kier alpha value is -2.59. The average molecular weight is 332 g/mol. The van der Waals surface area contributed by atoms with Crippen LogP contribution in [0.15, 0.2) is 24.3 Å². The Labute approximate surface area is 140 Å². The first kappa shape index (κ1) is 17.8. The predicted molar refractivity (Wildman–Crippen MR) is 84.2 cm³/mol. The maximum absolute atomic E-state index is 12.1. The van der Waals surface area contributed by atoms with Crippen molar-refractivity contribution < 1.29 is 23.8 Å². The van der Waals surface area contributed by atoms with Crippen molar-refractivity contribution in [1.29, 1.82) is 5.26 Å². The zero-order valence-corrected chi connectivity index (χ0v) is 13.7. The third-order valence-corrected chi connectivity index (χ3v) is 3.48. The van der Waals surface area contributed by atoms with E-state index in [1.54, 1.807) is 29.2 Å². The van der Waals surface area contributed by atoms with Crippen molar-refractivity contribution in [3.63, 3.8) is 0 Å². The molecule has 0 N–H and O–H groups in total. The molecule has 7 nitrogen and oxygen atoms in total. The van der Waals surface area contributed by atoms with Crippen molar-refractivity contribution in [2.45, 2.75) is 26.1 Å². The number of nitriles is 1. The highest BCUT2D eigenvalue weighted by Crippen LogP contribution is 2.16. The number of ether oxygens (including phenoxy) is 3. The van der Waals surface area contributed by atoms with E-state index in [9.17, 15) is 9.59 Å². The van der Waals surface area contributed by atoms with Crippen LogP contribution in [0.2, 0.25) is 0 Å². The molecule has 1 aromatic carbocycles. The number of hydrogen-bond acceptors (Lipinski definition) is 6. The Morgan fingerprint density at radius 1 is 1.25 bits per heavy atom. The van der Waals surface area contributed by atoms with Gasteiger partial charge in [0.25, 0.3) is 5.91 Å². The molecule has 7 heteroatoms. The maximum atomic E-state index is 12.1. The molecule has 1 saturated heterocycles. The molecule has 1 fully saturated rings. The maximum Gasteiger partial charge on any atom is 0.344 e. The lowest BCUT2D eigenvalue weighted by Crippen LogP contribution is -2.49. The van der Waals surface area contributed by atoms with Gasteiger partial charge in [0.15, 0.2) is 13.2 Å². The SMILES string of the molecule is C[C@H]1CN(C(=O)COC(=O)COc2ccccc2C#N)C[C@H](C)O1. The van der Waals surface area contributed by atoms with Crippen molar-refractivity contribution in [2.75, 3.05) is 26.3 Å². The smallest absolute Gasteiger partial charge is 0.344 e. The first-order valence-corrected chi connectivity index (χ1v) is 7.70. The van der Waals surface area contributed by atoms with Gasteiger partial charge in [0.1, 0.15) is 11.8 Å². The molecule has 0 bridgehead atoms. The minimum atomic E-state index is -0.662. The number of rotatable bonds is 5. The van der Waals surface area contributed by atoms with E-state index in [1.165, 1.54) is 0 Å². The van der Waals surface area contributed by atoms with Crippen LogP contribution in [0, 0.1) is 11.3 Å². The number of esters is 1. The first-order chi connectivity index (χ1) is 11.5. The number of carbonyl (C=O) groups is 2. The van der Waals surface area contributed by atoms with Crippen LogP contribution >= 0.6 is 0 Å². The zero-order valence-electron chi connectivity index (χ0n) is 13.7. The molecular formula is C17H20N2O5. The van der Waals surface area contributed by atoms with E-state index in [1.807, 2.05) is 19.9 Å². The quantitative estimate of drug-likeness (QED) is 0.751. The fraction of sp³-hybridized carbons (Fsp3) is 0.471. The lowest BCUT2D eigenvalue weighted by Gasteiger charge is -2.35. The van der Waals surface area contributed by atoms with Gasteiger partial charge in [0.2, 0.25) is 0 Å². The molecule has 2 rings (SSSR count). The van der Waals surface area contributed by atoms with Crippen LogP contribution in [0.1, 0.15) is 19.4 Å². The van der Waals surface area contributed by atoms with Gasteiger partial charge in [0.05, 0.1) is 17.8 Å². The van der Waals surface area contributed by atoms with Crippen LogP contribution in [0.5, 0.6) is 5.75 Å². The van der Waals surface area contributed by atoms with Crippen LogP contribution in [-0.2, 0) is 19.1 Å². The van der Waals surface area contributed by atoms with E-state index >= 15 is 0 Å². The topological polar surface area (TPSA) is 88.9 Å². The summed E-state index contributed by atoms with van der Waals surface area (Å²) in [5.74, 6) is -0.618. The number of hydrogen-bond donors (Lipinski definition) is 0. The van der Waals surface area contributed by atoms with E-state index in [-0.39, 0.29) is 31.3 Å². The van der Waals surface area contributed by atoms with E-state index in [0.29, 0.717) is 24.4 Å². The lowest BCUT2D eigenvalue weighted by molar-refractivity contribution is -0.158. The summed E-state index contributed by atoms with van der Waals surface area (Å²) in [5, 5.41) is 8.94. The van der Waals surface area contributed by atoms with Crippen molar-refractivity contribution in [3.05, 3.63) is 29.8 Å². The van der Waals surface area contributed by atoms with E-state index in [0.717, 1.165) is 0 Å². The van der Waals surface area contributed by atoms with Gasteiger partial charge in [-0.1, -0.05) is 12.1 Å². The third kappa shape index (κ3) is 4.96. The van der Waals surface area contributed by atoms with Gasteiger partial charge >= 0.3 is 5.97 Å². The van der Waals surface area contributed by atoms with Crippen LogP contribution in [-0.4, -0.2) is 55.3 Å². The molecule has 0 aliphatic carbocycles. The van der Waals surface area contributed by atoms with Gasteiger partial charge in [-0.25, -0.2) is 4.79 Å². The summed E-state index contributed by atoms with van der Waals surface area (Å²) in [5.41, 5.74) is 0.331. The molecule has 1 aromatic rings. The molecule has 2 atom stereocenters. The predicted octanol–water partition coefficient (Wildman–Crippen LogP) is 1.12. The molecule has 0 radical (unpaired) electrons. The second-order valence-corrected chi connectivity index (χ2v) is 5.61. The third-order valence-electron chi connectivity index (χ3n) is 3.48. The Kier molecular flexibility index (Phi) is 6.15. The highest BCUT2D eigenvalue weighted by molar-refractivity contribution is 5.81. The standard InChI is InChI=1S/C17H20N2O5/c1-12-8-19(9-13(2)24-12)16(20)10-23-17(21)11-22-15-6-4-3-5-14(15)7-18/h3-6,12-13H,8-11H2,1-2H3/t12-,13-/m0/s1. The molecule has 24 heavy (non-hydrogen) atoms. The van der Waals surface area contributed by atoms with Crippen LogP contribution in [0.3, 0.4) is 0 Å². The van der Waals surface area contributed by atoms with Crippen LogP contribution < -0.4 is 4.74 Å². The van der Waals surface area contributed by atoms with Crippen molar-refractivity contribution >= 4 is 11.9 Å². The summed E-state index contributed by atoms with van der Waals surface area (Å²) in [6.45, 7) is 4.05. The molecule has 1 amide bonds. The number of morpholine rings is 1. The van der Waals surface area contributed by atoms with Gasteiger partial charge in [-0.05, 0) is 26.0 Å². The Morgan fingerprint density at radius 3 is 2.58 bits per heavy atom. The minimum absolute atomic E-state index is 0.0424. The molecule has 0 spiro atoms. The molecule has 1 heterocycles. The second kappa shape index (κ2) is 8.31. The van der Waals surface area contributed by atoms with E-state index in [4.69, 9.17) is 19.5 Å². The van der Waals surface area contributed by atoms with Gasteiger partial charge in [-0.15, -0.1) is 0 Å². The molecule has 0 saturated carbocycles. The summed E-state index contributed by atoms with van der Waals surface area (Å²) in [7, 11) is 0. The summed E-state index contributed by atoms with van der Waals surface area (Å²) in [4.78, 5) is 25.4. The lowest BCUT2D eigenvalue weighted by atomic mass is 10.2. The molecule has 128 valence electrons. The van der Waals surface area contributed by atoms with Gasteiger partial charge in [0, 0.05) is 13.1 Å². The molecule has 1 aliphatic heterocycles. The number of para-hydroxylation sites is 1. The summed E-state index contributed by atoms with van der Waals surface area (Å²) in [6.07, 6.45) is -0.0848. The van der Waals surface area contributed by atoms with Gasteiger partial charge in [-0.2, -0.15) is 5.26 Å². The number of amides is 1. The minimum Gasteiger partial charge on any atom is -0.481 e. The van der Waals surface area contributed by atoms with Crippen molar-refractivity contribution in [2.24, 2.45) is 0 Å². The first-order valence-electron chi connectivity index (χ1n) is 7.70. The molecular weight excluding hydrogens is 312 g/mol. The number of nitrogens with zero attached hydrogens (tertiary/aromatic N) is 2. The molecule has 0 unspecified atom stereocenters. The summed E-state index contributed by atoms with van der Waals surface area (Å²) >= 11 is 0. The van der Waals surface area contributed by atoms with E-state index in [2.05, 4.69) is 0 Å². The van der Waals surface area contributed by atoms with Gasteiger partial charge in [-0.3, -0.25) is 4.79 Å². The zero-order chi connectivity index (χ0) is 17.5. The fourth-order valence-electron chi connectivity index (χ4n) is 2.48. The summed E-state index contributed by atoms with van der Waals surface area (Å²) in [6, 6.07) is 8.55. The normalized spacial score (nSPS) is 20.1. The Balaban J connectivity index is 1.77. The van der Waals surface area contributed by atoms with E-state index < -0.39 is 5.97 Å². The summed E-state index contributed by atoms with van der Waals surface area (Å²) < 4.78 is 15.8.